The van der Waals surface area contributed by atoms with E-state index in [4.69, 9.17) is 10.5 Å². The molecule has 2 N–H and O–H groups in total. The molecule has 1 aliphatic heterocycles. The fourth-order valence-electron chi connectivity index (χ4n) is 2.33. The lowest BCUT2D eigenvalue weighted by Crippen LogP contribution is -2.49. The van der Waals surface area contributed by atoms with Crippen molar-refractivity contribution in [2.24, 2.45) is 5.73 Å². The first-order valence-electron chi connectivity index (χ1n) is 6.27. The summed E-state index contributed by atoms with van der Waals surface area (Å²) in [4.78, 5) is 6.56. The van der Waals surface area contributed by atoms with Crippen LogP contribution in [0.25, 0.3) is 0 Å². The highest BCUT2D eigenvalue weighted by Crippen LogP contribution is 2.26. The Morgan fingerprint density at radius 2 is 2.41 bits per heavy atom. The van der Waals surface area contributed by atoms with Gasteiger partial charge in [-0.3, -0.25) is 4.98 Å². The SMILES string of the molecule is CCC1COC(C)CN1c1ccncc1CN. The van der Waals surface area contributed by atoms with Crippen LogP contribution in [0.2, 0.25) is 0 Å². The van der Waals surface area contributed by atoms with E-state index in [9.17, 15) is 0 Å². The second kappa shape index (κ2) is 5.47. The molecule has 4 nitrogen and oxygen atoms in total. The lowest BCUT2D eigenvalue weighted by molar-refractivity contribution is 0.0299. The van der Waals surface area contributed by atoms with Crippen molar-refractivity contribution >= 4 is 5.69 Å². The van der Waals surface area contributed by atoms with Gasteiger partial charge in [-0.15, -0.1) is 0 Å². The van der Waals surface area contributed by atoms with E-state index >= 15 is 0 Å². The third-order valence-corrected chi connectivity index (χ3v) is 3.35. The fraction of sp³-hybridized carbons (Fsp3) is 0.615. The van der Waals surface area contributed by atoms with Gasteiger partial charge in [-0.25, -0.2) is 0 Å². The summed E-state index contributed by atoms with van der Waals surface area (Å²) in [5.74, 6) is 0. The summed E-state index contributed by atoms with van der Waals surface area (Å²) in [6.07, 6.45) is 5.05. The fourth-order valence-corrected chi connectivity index (χ4v) is 2.33. The maximum absolute atomic E-state index is 5.78. The third kappa shape index (κ3) is 2.58. The molecule has 17 heavy (non-hydrogen) atoms. The molecule has 2 atom stereocenters. The van der Waals surface area contributed by atoms with E-state index in [1.54, 1.807) is 0 Å². The second-order valence-corrected chi connectivity index (χ2v) is 4.57. The maximum atomic E-state index is 5.78. The van der Waals surface area contributed by atoms with Crippen molar-refractivity contribution in [3.05, 3.63) is 24.0 Å². The van der Waals surface area contributed by atoms with Gasteiger partial charge in [-0.2, -0.15) is 0 Å². The number of hydrogen-bond donors (Lipinski definition) is 1. The number of nitrogens with two attached hydrogens (primary N) is 1. The number of aromatic nitrogens is 1. The molecule has 0 amide bonds. The number of morpholine rings is 1. The van der Waals surface area contributed by atoms with Gasteiger partial charge in [0.05, 0.1) is 18.8 Å². The number of pyridine rings is 1. The summed E-state index contributed by atoms with van der Waals surface area (Å²) >= 11 is 0. The summed E-state index contributed by atoms with van der Waals surface area (Å²) in [7, 11) is 0. The molecule has 1 saturated heterocycles. The van der Waals surface area contributed by atoms with Crippen LogP contribution < -0.4 is 10.6 Å². The molecule has 0 radical (unpaired) electrons. The van der Waals surface area contributed by atoms with Crippen LogP contribution in [0.1, 0.15) is 25.8 Å². The minimum atomic E-state index is 0.275. The van der Waals surface area contributed by atoms with Gasteiger partial charge in [0.15, 0.2) is 0 Å². The van der Waals surface area contributed by atoms with Crippen molar-refractivity contribution in [1.29, 1.82) is 0 Å². The van der Waals surface area contributed by atoms with Gasteiger partial charge in [0, 0.05) is 36.7 Å². The lowest BCUT2D eigenvalue weighted by Gasteiger charge is -2.40. The first-order chi connectivity index (χ1) is 8.26. The molecular formula is C13H21N3O. The monoisotopic (exact) mass is 235 g/mol. The largest absolute Gasteiger partial charge is 0.375 e. The van der Waals surface area contributed by atoms with E-state index in [1.807, 2.05) is 12.4 Å². The molecular weight excluding hydrogens is 214 g/mol. The van der Waals surface area contributed by atoms with Gasteiger partial charge in [-0.1, -0.05) is 6.92 Å². The summed E-state index contributed by atoms with van der Waals surface area (Å²) in [5.41, 5.74) is 8.10. The van der Waals surface area contributed by atoms with E-state index in [2.05, 4.69) is 29.8 Å². The molecule has 0 spiro atoms. The highest BCUT2D eigenvalue weighted by Gasteiger charge is 2.26. The van der Waals surface area contributed by atoms with Gasteiger partial charge in [-0.05, 0) is 19.4 Å². The van der Waals surface area contributed by atoms with Crippen molar-refractivity contribution in [1.82, 2.24) is 4.98 Å². The average molecular weight is 235 g/mol. The minimum absolute atomic E-state index is 0.275. The van der Waals surface area contributed by atoms with Crippen LogP contribution in [-0.2, 0) is 11.3 Å². The van der Waals surface area contributed by atoms with Gasteiger partial charge in [0.1, 0.15) is 0 Å². The summed E-state index contributed by atoms with van der Waals surface area (Å²) < 4.78 is 5.72. The molecule has 0 aliphatic carbocycles. The summed E-state index contributed by atoms with van der Waals surface area (Å²) in [5, 5.41) is 0. The molecule has 2 heterocycles. The minimum Gasteiger partial charge on any atom is -0.375 e. The van der Waals surface area contributed by atoms with Gasteiger partial charge in [0.2, 0.25) is 0 Å². The highest BCUT2D eigenvalue weighted by atomic mass is 16.5. The van der Waals surface area contributed by atoms with Crippen LogP contribution in [0, 0.1) is 0 Å². The Bertz CT molecular complexity index is 369. The molecule has 1 aromatic heterocycles. The van der Waals surface area contributed by atoms with Crippen molar-refractivity contribution in [2.75, 3.05) is 18.1 Å². The Morgan fingerprint density at radius 1 is 1.59 bits per heavy atom. The third-order valence-electron chi connectivity index (χ3n) is 3.35. The molecule has 1 aromatic rings. The number of hydrogen-bond acceptors (Lipinski definition) is 4. The van der Waals surface area contributed by atoms with Crippen molar-refractivity contribution in [3.63, 3.8) is 0 Å². The Kier molecular flexibility index (Phi) is 3.97. The molecule has 1 aliphatic rings. The standard InChI is InChI=1S/C13H21N3O/c1-3-12-9-17-10(2)8-16(12)13-4-5-15-7-11(13)6-14/h4-5,7,10,12H,3,6,8-9,14H2,1-2H3. The highest BCUT2D eigenvalue weighted by molar-refractivity contribution is 5.53. The predicted octanol–water partition coefficient (Wildman–Crippen LogP) is 1.54. The number of ether oxygens (including phenoxy) is 1. The number of anilines is 1. The maximum Gasteiger partial charge on any atom is 0.0723 e. The van der Waals surface area contributed by atoms with Gasteiger partial charge >= 0.3 is 0 Å². The quantitative estimate of drug-likeness (QED) is 0.863. The Labute approximate surface area is 103 Å². The molecule has 4 heteroatoms. The zero-order chi connectivity index (χ0) is 12.3. The van der Waals surface area contributed by atoms with Crippen LogP contribution >= 0.6 is 0 Å². The topological polar surface area (TPSA) is 51.4 Å². The Morgan fingerprint density at radius 3 is 3.12 bits per heavy atom. The van der Waals surface area contributed by atoms with Crippen molar-refractivity contribution in [3.8, 4) is 0 Å². The predicted molar refractivity (Wildman–Crippen MR) is 69.0 cm³/mol. The Balaban J connectivity index is 2.28. The lowest BCUT2D eigenvalue weighted by atomic mass is 10.1. The summed E-state index contributed by atoms with van der Waals surface area (Å²) in [6.45, 7) is 6.56. The van der Waals surface area contributed by atoms with Gasteiger partial charge in [0.25, 0.3) is 0 Å². The van der Waals surface area contributed by atoms with Crippen LogP contribution in [-0.4, -0.2) is 30.3 Å². The van der Waals surface area contributed by atoms with Crippen molar-refractivity contribution in [2.45, 2.75) is 39.0 Å². The Hall–Kier alpha value is -1.13. The first kappa shape index (κ1) is 12.3. The van der Waals surface area contributed by atoms with Crippen LogP contribution in [0.4, 0.5) is 5.69 Å². The number of nitrogens with zero attached hydrogens (tertiary/aromatic N) is 2. The molecule has 1 fully saturated rings. The summed E-state index contributed by atoms with van der Waals surface area (Å²) in [6, 6.07) is 2.50. The van der Waals surface area contributed by atoms with E-state index in [0.29, 0.717) is 12.6 Å². The molecule has 2 unspecified atom stereocenters. The van der Waals surface area contributed by atoms with E-state index in [-0.39, 0.29) is 6.10 Å². The molecule has 0 saturated carbocycles. The van der Waals surface area contributed by atoms with Crippen LogP contribution in [0.5, 0.6) is 0 Å². The molecule has 94 valence electrons. The average Bonchev–Trinajstić information content (AvgIpc) is 2.38. The second-order valence-electron chi connectivity index (χ2n) is 4.57. The van der Waals surface area contributed by atoms with Crippen molar-refractivity contribution < 1.29 is 4.74 Å². The van der Waals surface area contributed by atoms with E-state index in [0.717, 1.165) is 25.1 Å². The molecule has 0 aromatic carbocycles. The van der Waals surface area contributed by atoms with Gasteiger partial charge < -0.3 is 15.4 Å². The number of rotatable bonds is 3. The molecule has 0 bridgehead atoms. The zero-order valence-corrected chi connectivity index (χ0v) is 10.6. The van der Waals surface area contributed by atoms with E-state index < -0.39 is 0 Å². The van der Waals surface area contributed by atoms with E-state index in [1.165, 1.54) is 5.69 Å². The van der Waals surface area contributed by atoms with Crippen LogP contribution in [0.3, 0.4) is 0 Å². The normalized spacial score (nSPS) is 25.0. The smallest absolute Gasteiger partial charge is 0.0723 e. The first-order valence-corrected chi connectivity index (χ1v) is 6.27. The molecule has 2 rings (SSSR count). The van der Waals surface area contributed by atoms with Crippen LogP contribution in [0.15, 0.2) is 18.5 Å². The zero-order valence-electron chi connectivity index (χ0n) is 10.6.